The molecule has 1 aromatic carbocycles. The second-order valence-electron chi connectivity index (χ2n) is 7.13. The molecule has 0 unspecified atom stereocenters. The number of carbonyl (C=O) groups is 1. The van der Waals surface area contributed by atoms with Crippen molar-refractivity contribution in [3.8, 4) is 11.3 Å². The van der Waals surface area contributed by atoms with Crippen molar-refractivity contribution in [2.24, 2.45) is 0 Å². The van der Waals surface area contributed by atoms with Crippen LogP contribution in [0, 0.1) is 12.7 Å². The summed E-state index contributed by atoms with van der Waals surface area (Å²) in [5.41, 5.74) is 1.92. The molecule has 1 fully saturated rings. The number of hydrogen-bond donors (Lipinski definition) is 0. The molecule has 1 amide bonds. The van der Waals surface area contributed by atoms with Crippen molar-refractivity contribution in [3.05, 3.63) is 70.9 Å². The zero-order valence-corrected chi connectivity index (χ0v) is 16.5. The maximum absolute atomic E-state index is 13.2. The van der Waals surface area contributed by atoms with Crippen LogP contribution in [0.3, 0.4) is 0 Å². The highest BCUT2D eigenvalue weighted by atomic mass is 19.1. The summed E-state index contributed by atoms with van der Waals surface area (Å²) in [5, 5.41) is 0. The second kappa shape index (κ2) is 8.40. The summed E-state index contributed by atoms with van der Waals surface area (Å²) < 4.78 is 14.5. The minimum absolute atomic E-state index is 0.0195. The number of aryl methyl sites for hydroxylation is 1. The van der Waals surface area contributed by atoms with Crippen LogP contribution in [-0.2, 0) is 11.3 Å². The number of carbonyl (C=O) groups excluding carboxylic acids is 1. The van der Waals surface area contributed by atoms with Gasteiger partial charge in [0.05, 0.1) is 12.0 Å². The summed E-state index contributed by atoms with van der Waals surface area (Å²) in [4.78, 5) is 41.1. The number of benzene rings is 1. The first kappa shape index (κ1) is 19.7. The third-order valence-electron chi connectivity index (χ3n) is 5.07. The quantitative estimate of drug-likeness (QED) is 0.651. The summed E-state index contributed by atoms with van der Waals surface area (Å²) in [6.07, 6.45) is 2.89. The van der Waals surface area contributed by atoms with Gasteiger partial charge < -0.3 is 9.80 Å². The van der Waals surface area contributed by atoms with Gasteiger partial charge >= 0.3 is 0 Å². The van der Waals surface area contributed by atoms with Crippen LogP contribution in [-0.4, -0.2) is 56.5 Å². The van der Waals surface area contributed by atoms with Gasteiger partial charge in [0.1, 0.15) is 24.5 Å². The summed E-state index contributed by atoms with van der Waals surface area (Å²) in [7, 11) is 0. The Kier molecular flexibility index (Phi) is 5.51. The van der Waals surface area contributed by atoms with Crippen molar-refractivity contribution in [1.29, 1.82) is 0 Å². The van der Waals surface area contributed by atoms with E-state index in [-0.39, 0.29) is 23.8 Å². The smallest absolute Gasteiger partial charge is 0.253 e. The molecule has 1 aliphatic rings. The third kappa shape index (κ3) is 4.35. The van der Waals surface area contributed by atoms with E-state index >= 15 is 0 Å². The summed E-state index contributed by atoms with van der Waals surface area (Å²) >= 11 is 0. The van der Waals surface area contributed by atoms with Gasteiger partial charge in [-0.25, -0.2) is 19.3 Å². The fraction of sp³-hybridized carbons (Fsp3) is 0.286. The Morgan fingerprint density at radius 3 is 2.47 bits per heavy atom. The minimum Gasteiger partial charge on any atom is -0.353 e. The third-order valence-corrected chi connectivity index (χ3v) is 5.07. The number of rotatable bonds is 4. The first-order chi connectivity index (χ1) is 14.5. The molecule has 154 valence electrons. The highest BCUT2D eigenvalue weighted by Gasteiger charge is 2.22. The van der Waals surface area contributed by atoms with Crippen LogP contribution in [0.1, 0.15) is 5.69 Å². The Hall–Kier alpha value is -3.62. The Bertz CT molecular complexity index is 1110. The fourth-order valence-corrected chi connectivity index (χ4v) is 3.36. The van der Waals surface area contributed by atoms with Crippen LogP contribution < -0.4 is 10.5 Å². The molecule has 0 atom stereocenters. The van der Waals surface area contributed by atoms with Gasteiger partial charge in [-0.3, -0.25) is 14.2 Å². The van der Waals surface area contributed by atoms with Crippen molar-refractivity contribution in [2.75, 3.05) is 31.1 Å². The Balaban J connectivity index is 1.39. The molecule has 0 saturated carbocycles. The molecule has 8 nitrogen and oxygen atoms in total. The summed E-state index contributed by atoms with van der Waals surface area (Å²) in [6, 6.07) is 9.44. The monoisotopic (exact) mass is 408 g/mol. The van der Waals surface area contributed by atoms with Gasteiger partial charge in [0.25, 0.3) is 5.56 Å². The van der Waals surface area contributed by atoms with E-state index in [2.05, 4.69) is 19.9 Å². The molecule has 0 aliphatic carbocycles. The summed E-state index contributed by atoms with van der Waals surface area (Å²) in [6.45, 7) is 4.01. The lowest BCUT2D eigenvalue weighted by molar-refractivity contribution is -0.132. The number of anilines is 1. The fourth-order valence-electron chi connectivity index (χ4n) is 3.36. The van der Waals surface area contributed by atoms with Gasteiger partial charge in [-0.05, 0) is 31.2 Å². The highest BCUT2D eigenvalue weighted by Crippen LogP contribution is 2.22. The van der Waals surface area contributed by atoms with E-state index in [9.17, 15) is 14.0 Å². The van der Waals surface area contributed by atoms with E-state index in [0.717, 1.165) is 11.4 Å². The lowest BCUT2D eigenvalue weighted by atomic mass is 10.1. The normalized spacial score (nSPS) is 14.1. The average Bonchev–Trinajstić information content (AvgIpc) is 2.76. The first-order valence-electron chi connectivity index (χ1n) is 9.63. The molecule has 3 heterocycles. The average molecular weight is 408 g/mol. The number of halogens is 1. The van der Waals surface area contributed by atoms with Gasteiger partial charge in [-0.1, -0.05) is 0 Å². The molecule has 4 rings (SSSR count). The van der Waals surface area contributed by atoms with E-state index in [1.54, 1.807) is 24.0 Å². The molecule has 3 aromatic rings. The van der Waals surface area contributed by atoms with Crippen LogP contribution >= 0.6 is 0 Å². The van der Waals surface area contributed by atoms with Gasteiger partial charge in [0, 0.05) is 49.6 Å². The molecule has 1 saturated heterocycles. The number of aromatic nitrogens is 4. The maximum Gasteiger partial charge on any atom is 0.253 e. The van der Waals surface area contributed by atoms with Crippen molar-refractivity contribution in [1.82, 2.24) is 24.4 Å². The highest BCUT2D eigenvalue weighted by molar-refractivity contribution is 5.76. The molecular weight excluding hydrogens is 387 g/mol. The molecule has 0 bridgehead atoms. The Morgan fingerprint density at radius 1 is 1.03 bits per heavy atom. The largest absolute Gasteiger partial charge is 0.353 e. The van der Waals surface area contributed by atoms with Crippen LogP contribution in [0.5, 0.6) is 0 Å². The number of nitrogens with zero attached hydrogens (tertiary/aromatic N) is 6. The zero-order chi connectivity index (χ0) is 21.1. The van der Waals surface area contributed by atoms with Gasteiger partial charge in [-0.2, -0.15) is 0 Å². The Labute approximate surface area is 172 Å². The minimum atomic E-state index is -0.294. The SMILES string of the molecule is Cc1cc(=O)n(CC(=O)N2CCN(c3cc(-c4ccc(F)cc4)ncn3)CC2)cn1. The predicted molar refractivity (Wildman–Crippen MR) is 109 cm³/mol. The van der Waals surface area contributed by atoms with Crippen molar-refractivity contribution < 1.29 is 9.18 Å². The lowest BCUT2D eigenvalue weighted by Crippen LogP contribution is -2.50. The molecule has 30 heavy (non-hydrogen) atoms. The van der Waals surface area contributed by atoms with Gasteiger partial charge in [0.2, 0.25) is 5.91 Å². The van der Waals surface area contributed by atoms with Crippen LogP contribution in [0.4, 0.5) is 10.2 Å². The predicted octanol–water partition coefficient (Wildman–Crippen LogP) is 1.50. The zero-order valence-electron chi connectivity index (χ0n) is 16.5. The van der Waals surface area contributed by atoms with Crippen molar-refractivity contribution in [3.63, 3.8) is 0 Å². The summed E-state index contributed by atoms with van der Waals surface area (Å²) in [5.74, 6) is 0.352. The van der Waals surface area contributed by atoms with Crippen LogP contribution in [0.15, 0.2) is 53.8 Å². The van der Waals surface area contributed by atoms with Crippen LogP contribution in [0.25, 0.3) is 11.3 Å². The Morgan fingerprint density at radius 2 is 1.77 bits per heavy atom. The molecule has 0 radical (unpaired) electrons. The van der Waals surface area contributed by atoms with E-state index in [0.29, 0.717) is 37.6 Å². The van der Waals surface area contributed by atoms with Gasteiger partial charge in [0.15, 0.2) is 0 Å². The van der Waals surface area contributed by atoms with Gasteiger partial charge in [-0.15, -0.1) is 0 Å². The molecular formula is C21H21FN6O2. The van der Waals surface area contributed by atoms with E-state index in [4.69, 9.17) is 0 Å². The maximum atomic E-state index is 13.2. The standard InChI is InChI=1S/C21H21FN6O2/c1-15-10-20(29)28(14-25-15)12-21(30)27-8-6-26(7-9-27)19-11-18(23-13-24-19)16-2-4-17(22)5-3-16/h2-5,10-11,13-14H,6-9,12H2,1H3. The number of piperazine rings is 1. The molecule has 9 heteroatoms. The van der Waals surface area contributed by atoms with E-state index < -0.39 is 0 Å². The van der Waals surface area contributed by atoms with E-state index in [1.807, 2.05) is 6.07 Å². The van der Waals surface area contributed by atoms with Crippen molar-refractivity contribution in [2.45, 2.75) is 13.5 Å². The van der Waals surface area contributed by atoms with E-state index in [1.165, 1.54) is 35.4 Å². The molecule has 1 aliphatic heterocycles. The molecule has 2 aromatic heterocycles. The number of amides is 1. The van der Waals surface area contributed by atoms with Crippen LogP contribution in [0.2, 0.25) is 0 Å². The van der Waals surface area contributed by atoms with Crippen molar-refractivity contribution >= 4 is 11.7 Å². The molecule has 0 N–H and O–H groups in total. The second-order valence-corrected chi connectivity index (χ2v) is 7.13. The molecule has 0 spiro atoms. The number of hydrogen-bond acceptors (Lipinski definition) is 6. The lowest BCUT2D eigenvalue weighted by Gasteiger charge is -2.35. The first-order valence-corrected chi connectivity index (χ1v) is 9.63. The topological polar surface area (TPSA) is 84.2 Å².